The van der Waals surface area contributed by atoms with Gasteiger partial charge < -0.3 is 9.72 Å². The Bertz CT molecular complexity index is 797. The zero-order valence-corrected chi connectivity index (χ0v) is 11.9. The van der Waals surface area contributed by atoms with Gasteiger partial charge in [-0.25, -0.2) is 0 Å². The van der Waals surface area contributed by atoms with E-state index in [-0.39, 0.29) is 0 Å². The topological polar surface area (TPSA) is 48.8 Å². The highest BCUT2D eigenvalue weighted by Crippen LogP contribution is 2.28. The fourth-order valence-electron chi connectivity index (χ4n) is 2.64. The van der Waals surface area contributed by atoms with E-state index in [4.69, 9.17) is 10.00 Å². The Hall–Kier alpha value is -2.73. The van der Waals surface area contributed by atoms with Crippen molar-refractivity contribution in [2.24, 2.45) is 0 Å². The van der Waals surface area contributed by atoms with Crippen molar-refractivity contribution in [3.05, 3.63) is 65.4 Å². The van der Waals surface area contributed by atoms with Crippen LogP contribution in [0, 0.1) is 11.3 Å². The molecule has 0 aliphatic carbocycles. The van der Waals surface area contributed by atoms with Crippen LogP contribution in [0.5, 0.6) is 5.75 Å². The summed E-state index contributed by atoms with van der Waals surface area (Å²) in [5.41, 5.74) is 4.45. The van der Waals surface area contributed by atoms with E-state index < -0.39 is 0 Å². The highest BCUT2D eigenvalue weighted by atomic mass is 16.5. The molecule has 1 heterocycles. The van der Waals surface area contributed by atoms with Gasteiger partial charge in [-0.2, -0.15) is 5.26 Å². The van der Waals surface area contributed by atoms with Crippen molar-refractivity contribution in [3.8, 4) is 11.8 Å². The molecular formula is C18H16N2O. The summed E-state index contributed by atoms with van der Waals surface area (Å²) in [6, 6.07) is 18.5. The maximum atomic E-state index is 9.12. The van der Waals surface area contributed by atoms with E-state index in [2.05, 4.69) is 23.2 Å². The van der Waals surface area contributed by atoms with Crippen molar-refractivity contribution in [2.45, 2.75) is 12.8 Å². The normalized spacial score (nSPS) is 10.5. The molecule has 1 N–H and O–H groups in total. The molecular weight excluding hydrogens is 260 g/mol. The lowest BCUT2D eigenvalue weighted by molar-refractivity contribution is 0.415. The van der Waals surface area contributed by atoms with E-state index in [0.717, 1.165) is 34.3 Å². The van der Waals surface area contributed by atoms with E-state index >= 15 is 0 Å². The van der Waals surface area contributed by atoms with Gasteiger partial charge in [0.15, 0.2) is 0 Å². The Morgan fingerprint density at radius 2 is 1.95 bits per heavy atom. The number of ether oxygens (including phenoxy) is 1. The maximum absolute atomic E-state index is 9.12. The number of rotatable bonds is 4. The Balaban J connectivity index is 2.09. The number of H-pyrrole nitrogens is 1. The highest BCUT2D eigenvalue weighted by molar-refractivity contribution is 5.86. The molecule has 0 unspecified atom stereocenters. The molecule has 0 amide bonds. The molecule has 1 aromatic heterocycles. The lowest BCUT2D eigenvalue weighted by Crippen LogP contribution is -1.93. The Kier molecular flexibility index (Phi) is 3.61. The number of nitriles is 1. The number of nitrogens with one attached hydrogen (secondary N) is 1. The number of methoxy groups -OCH3 is 1. The second-order valence-corrected chi connectivity index (χ2v) is 4.99. The summed E-state index contributed by atoms with van der Waals surface area (Å²) in [7, 11) is 1.66. The van der Waals surface area contributed by atoms with E-state index in [1.807, 2.05) is 36.4 Å². The van der Waals surface area contributed by atoms with Crippen molar-refractivity contribution in [1.29, 1.82) is 5.26 Å². The van der Waals surface area contributed by atoms with Crippen LogP contribution >= 0.6 is 0 Å². The second-order valence-electron chi connectivity index (χ2n) is 4.99. The molecule has 3 rings (SSSR count). The number of aromatic nitrogens is 1. The summed E-state index contributed by atoms with van der Waals surface area (Å²) in [6.45, 7) is 0. The quantitative estimate of drug-likeness (QED) is 0.787. The van der Waals surface area contributed by atoms with E-state index in [1.54, 1.807) is 7.11 Å². The summed E-state index contributed by atoms with van der Waals surface area (Å²) in [4.78, 5) is 3.44. The van der Waals surface area contributed by atoms with Crippen molar-refractivity contribution in [3.63, 3.8) is 0 Å². The summed E-state index contributed by atoms with van der Waals surface area (Å²) >= 11 is 0. The zero-order chi connectivity index (χ0) is 14.7. The summed E-state index contributed by atoms with van der Waals surface area (Å²) in [5.74, 6) is 0.812. The van der Waals surface area contributed by atoms with Crippen LogP contribution in [0.3, 0.4) is 0 Å². The molecule has 0 spiro atoms. The Morgan fingerprint density at radius 1 is 1.14 bits per heavy atom. The van der Waals surface area contributed by atoms with Crippen LogP contribution in [-0.2, 0) is 12.8 Å². The molecule has 3 aromatic rings. The van der Waals surface area contributed by atoms with E-state index in [1.165, 1.54) is 5.56 Å². The van der Waals surface area contributed by atoms with Crippen LogP contribution in [0.25, 0.3) is 10.9 Å². The molecule has 0 aliphatic rings. The van der Waals surface area contributed by atoms with Crippen LogP contribution in [0.1, 0.15) is 16.8 Å². The van der Waals surface area contributed by atoms with Gasteiger partial charge >= 0.3 is 0 Å². The molecule has 3 nitrogen and oxygen atoms in total. The lowest BCUT2D eigenvalue weighted by Gasteiger charge is -2.02. The first-order valence-corrected chi connectivity index (χ1v) is 6.90. The zero-order valence-electron chi connectivity index (χ0n) is 11.9. The molecule has 2 aromatic carbocycles. The van der Waals surface area contributed by atoms with Crippen LogP contribution < -0.4 is 4.74 Å². The molecule has 104 valence electrons. The molecule has 0 atom stereocenters. The third-order valence-electron chi connectivity index (χ3n) is 3.68. The number of fused-ring (bicyclic) bond motifs is 1. The number of aromatic amines is 1. The summed E-state index contributed by atoms with van der Waals surface area (Å²) in [6.07, 6.45) is 1.20. The van der Waals surface area contributed by atoms with Crippen LogP contribution in [0.4, 0.5) is 0 Å². The van der Waals surface area contributed by atoms with Gasteiger partial charge in [-0.15, -0.1) is 0 Å². The average Bonchev–Trinajstić information content (AvgIpc) is 2.85. The first-order valence-electron chi connectivity index (χ1n) is 6.90. The van der Waals surface area contributed by atoms with Gasteiger partial charge in [0.05, 0.1) is 19.6 Å². The van der Waals surface area contributed by atoms with Crippen molar-refractivity contribution >= 4 is 10.9 Å². The van der Waals surface area contributed by atoms with Gasteiger partial charge in [-0.1, -0.05) is 30.3 Å². The fourth-order valence-corrected chi connectivity index (χ4v) is 2.64. The minimum absolute atomic E-state index is 0.398. The van der Waals surface area contributed by atoms with Gasteiger partial charge in [0.2, 0.25) is 0 Å². The van der Waals surface area contributed by atoms with Gasteiger partial charge in [-0.3, -0.25) is 0 Å². The summed E-state index contributed by atoms with van der Waals surface area (Å²) < 4.78 is 5.29. The maximum Gasteiger partial charge on any atom is 0.119 e. The molecule has 21 heavy (non-hydrogen) atoms. The number of benzene rings is 2. The predicted octanol–water partition coefficient (Wildman–Crippen LogP) is 3.83. The lowest BCUT2D eigenvalue weighted by atomic mass is 10.0. The number of hydrogen-bond donors (Lipinski definition) is 1. The molecule has 0 saturated heterocycles. The smallest absolute Gasteiger partial charge is 0.119 e. The monoisotopic (exact) mass is 276 g/mol. The van der Waals surface area contributed by atoms with Crippen molar-refractivity contribution in [2.75, 3.05) is 7.11 Å². The molecule has 0 saturated carbocycles. The Labute approximate surface area is 123 Å². The van der Waals surface area contributed by atoms with Crippen LogP contribution in [-0.4, -0.2) is 12.1 Å². The second kappa shape index (κ2) is 5.72. The van der Waals surface area contributed by atoms with Crippen LogP contribution in [0.15, 0.2) is 48.5 Å². The first kappa shape index (κ1) is 13.3. The molecule has 3 heteroatoms. The van der Waals surface area contributed by atoms with Gasteiger partial charge in [-0.05, 0) is 29.3 Å². The van der Waals surface area contributed by atoms with Gasteiger partial charge in [0.1, 0.15) is 5.75 Å². The molecule has 0 radical (unpaired) electrons. The highest BCUT2D eigenvalue weighted by Gasteiger charge is 2.12. The summed E-state index contributed by atoms with van der Waals surface area (Å²) in [5, 5.41) is 10.2. The molecule has 0 fully saturated rings. The van der Waals surface area contributed by atoms with Crippen LogP contribution in [0.2, 0.25) is 0 Å². The van der Waals surface area contributed by atoms with Crippen molar-refractivity contribution < 1.29 is 4.74 Å². The number of hydrogen-bond acceptors (Lipinski definition) is 2. The van der Waals surface area contributed by atoms with Gasteiger partial charge in [0, 0.05) is 23.0 Å². The average molecular weight is 276 g/mol. The van der Waals surface area contributed by atoms with E-state index in [9.17, 15) is 0 Å². The molecule has 0 bridgehead atoms. The SMILES string of the molecule is COc1ccc2[nH]c(Cc3ccccc3)c(CC#N)c2c1. The van der Waals surface area contributed by atoms with E-state index in [0.29, 0.717) is 6.42 Å². The largest absolute Gasteiger partial charge is 0.497 e. The minimum atomic E-state index is 0.398. The van der Waals surface area contributed by atoms with Crippen molar-refractivity contribution in [1.82, 2.24) is 4.98 Å². The van der Waals surface area contributed by atoms with Gasteiger partial charge in [0.25, 0.3) is 0 Å². The standard InChI is InChI=1S/C18H16N2O/c1-21-14-7-8-17-16(12-14)15(9-10-19)18(20-17)11-13-5-3-2-4-6-13/h2-8,12,20H,9,11H2,1H3. The fraction of sp³-hybridized carbons (Fsp3) is 0.167. The first-order chi connectivity index (χ1) is 10.3. The Morgan fingerprint density at radius 3 is 2.67 bits per heavy atom. The predicted molar refractivity (Wildman–Crippen MR) is 83.4 cm³/mol. The minimum Gasteiger partial charge on any atom is -0.497 e. The third-order valence-corrected chi connectivity index (χ3v) is 3.68. The number of nitrogens with zero attached hydrogens (tertiary/aromatic N) is 1. The molecule has 0 aliphatic heterocycles. The third kappa shape index (κ3) is 2.61.